The number of aromatic nitrogens is 7. The minimum absolute atomic E-state index is 0.0893. The Hall–Kier alpha value is -4.22. The molecule has 0 saturated carbocycles. The predicted molar refractivity (Wildman–Crippen MR) is 110 cm³/mol. The van der Waals surface area contributed by atoms with Gasteiger partial charge < -0.3 is 15.0 Å². The van der Waals surface area contributed by atoms with Gasteiger partial charge in [-0.25, -0.2) is 18.4 Å². The third-order valence-electron chi connectivity index (χ3n) is 4.52. The van der Waals surface area contributed by atoms with Gasteiger partial charge in [0.15, 0.2) is 5.82 Å². The van der Waals surface area contributed by atoms with Gasteiger partial charge in [0.1, 0.15) is 29.3 Å². The molecule has 164 valence electrons. The summed E-state index contributed by atoms with van der Waals surface area (Å²) in [5.74, 6) is -0.320. The molecule has 12 heteroatoms. The van der Waals surface area contributed by atoms with Crippen LogP contribution in [0.1, 0.15) is 42.4 Å². The molecular formula is C20H18F2N8O2. The second-order valence-corrected chi connectivity index (χ2v) is 7.09. The van der Waals surface area contributed by atoms with Crippen LogP contribution in [0, 0.1) is 0 Å². The molecular weight excluding hydrogens is 422 g/mol. The first-order valence-electron chi connectivity index (χ1n) is 9.54. The molecule has 10 nitrogen and oxygen atoms in total. The van der Waals surface area contributed by atoms with Crippen LogP contribution in [0.3, 0.4) is 0 Å². The summed E-state index contributed by atoms with van der Waals surface area (Å²) >= 11 is 0. The normalized spacial score (nSPS) is 11.3. The minimum atomic E-state index is -2.99. The van der Waals surface area contributed by atoms with E-state index < -0.39 is 18.0 Å². The molecule has 0 bridgehead atoms. The highest BCUT2D eigenvalue weighted by Crippen LogP contribution is 2.25. The molecule has 0 aliphatic heterocycles. The van der Waals surface area contributed by atoms with Crippen LogP contribution in [0.15, 0.2) is 49.2 Å². The van der Waals surface area contributed by atoms with Gasteiger partial charge in [-0.3, -0.25) is 9.78 Å². The lowest BCUT2D eigenvalue weighted by atomic mass is 10.2. The van der Waals surface area contributed by atoms with E-state index in [2.05, 4.69) is 30.6 Å². The van der Waals surface area contributed by atoms with Crippen molar-refractivity contribution in [2.45, 2.75) is 26.3 Å². The van der Waals surface area contributed by atoms with Crippen molar-refractivity contribution in [2.24, 2.45) is 0 Å². The largest absolute Gasteiger partial charge is 0.506 e. The van der Waals surface area contributed by atoms with Crippen LogP contribution in [-0.4, -0.2) is 45.5 Å². The topological polar surface area (TPSA) is 124 Å². The number of hydrogen-bond donors (Lipinski definition) is 2. The van der Waals surface area contributed by atoms with Crippen molar-refractivity contribution in [1.82, 2.24) is 34.5 Å². The summed E-state index contributed by atoms with van der Waals surface area (Å²) < 4.78 is 30.0. The number of rotatable bonds is 6. The van der Waals surface area contributed by atoms with E-state index in [0.29, 0.717) is 11.5 Å². The molecule has 0 fully saturated rings. The number of halogens is 2. The Morgan fingerprint density at radius 3 is 2.75 bits per heavy atom. The third-order valence-corrected chi connectivity index (χ3v) is 4.52. The van der Waals surface area contributed by atoms with E-state index in [-0.39, 0.29) is 28.9 Å². The maximum Gasteiger partial charge on any atom is 0.282 e. The van der Waals surface area contributed by atoms with Gasteiger partial charge in [0, 0.05) is 18.3 Å². The smallest absolute Gasteiger partial charge is 0.282 e. The summed E-state index contributed by atoms with van der Waals surface area (Å²) in [5.41, 5.74) is -0.355. The highest BCUT2D eigenvalue weighted by Gasteiger charge is 2.24. The summed E-state index contributed by atoms with van der Waals surface area (Å²) in [6, 6.07) is 6.27. The van der Waals surface area contributed by atoms with E-state index in [1.165, 1.54) is 24.5 Å². The van der Waals surface area contributed by atoms with E-state index in [1.807, 2.05) is 18.4 Å². The predicted octanol–water partition coefficient (Wildman–Crippen LogP) is 3.40. The van der Waals surface area contributed by atoms with Crippen molar-refractivity contribution in [3.8, 4) is 23.0 Å². The second-order valence-electron chi connectivity index (χ2n) is 7.09. The number of nitrogens with zero attached hydrogens (tertiary/aromatic N) is 7. The quantitative estimate of drug-likeness (QED) is 0.471. The fourth-order valence-corrected chi connectivity index (χ4v) is 3.01. The van der Waals surface area contributed by atoms with E-state index >= 15 is 0 Å². The summed E-state index contributed by atoms with van der Waals surface area (Å²) in [4.78, 5) is 20.9. The molecule has 0 atom stereocenters. The zero-order chi connectivity index (χ0) is 22.8. The van der Waals surface area contributed by atoms with Gasteiger partial charge in [-0.05, 0) is 26.0 Å². The maximum atomic E-state index is 13.6. The molecule has 0 spiro atoms. The van der Waals surface area contributed by atoms with E-state index in [9.17, 15) is 18.7 Å². The molecule has 0 aliphatic rings. The van der Waals surface area contributed by atoms with Gasteiger partial charge in [0.25, 0.3) is 12.3 Å². The zero-order valence-corrected chi connectivity index (χ0v) is 17.0. The number of pyridine rings is 2. The first kappa shape index (κ1) is 21.0. The van der Waals surface area contributed by atoms with Gasteiger partial charge >= 0.3 is 0 Å². The molecule has 32 heavy (non-hydrogen) atoms. The number of alkyl halides is 2. The van der Waals surface area contributed by atoms with Crippen molar-refractivity contribution in [1.29, 1.82) is 0 Å². The van der Waals surface area contributed by atoms with Crippen molar-refractivity contribution in [3.63, 3.8) is 0 Å². The van der Waals surface area contributed by atoms with Crippen molar-refractivity contribution < 1.29 is 18.7 Å². The number of amides is 1. The molecule has 0 saturated heterocycles. The number of carbonyl (C=O) groups is 1. The fourth-order valence-electron chi connectivity index (χ4n) is 3.01. The lowest BCUT2D eigenvalue weighted by Gasteiger charge is -2.10. The summed E-state index contributed by atoms with van der Waals surface area (Å²) in [6.07, 6.45) is 2.23. The molecule has 4 aromatic rings. The van der Waals surface area contributed by atoms with Crippen molar-refractivity contribution in [2.75, 3.05) is 5.32 Å². The van der Waals surface area contributed by atoms with Crippen LogP contribution in [-0.2, 0) is 0 Å². The molecule has 2 N–H and O–H groups in total. The lowest BCUT2D eigenvalue weighted by Crippen LogP contribution is -2.15. The summed E-state index contributed by atoms with van der Waals surface area (Å²) in [6.45, 7) is 3.92. The third kappa shape index (κ3) is 4.15. The van der Waals surface area contributed by atoms with E-state index in [0.717, 1.165) is 10.9 Å². The Morgan fingerprint density at radius 2 is 2.03 bits per heavy atom. The maximum absolute atomic E-state index is 13.6. The van der Waals surface area contributed by atoms with Gasteiger partial charge in [0.2, 0.25) is 0 Å². The molecule has 4 heterocycles. The average Bonchev–Trinajstić information content (AvgIpc) is 3.42. The lowest BCUT2D eigenvalue weighted by molar-refractivity contribution is 0.101. The van der Waals surface area contributed by atoms with E-state index in [4.69, 9.17) is 0 Å². The number of aromatic hydroxyl groups is 1. The van der Waals surface area contributed by atoms with Crippen molar-refractivity contribution in [3.05, 3.63) is 60.4 Å². The van der Waals surface area contributed by atoms with Gasteiger partial charge in [-0.15, -0.1) is 10.2 Å². The molecule has 0 unspecified atom stereocenters. The molecule has 1 amide bonds. The van der Waals surface area contributed by atoms with Gasteiger partial charge in [-0.1, -0.05) is 6.07 Å². The van der Waals surface area contributed by atoms with Crippen LogP contribution in [0.4, 0.5) is 14.6 Å². The van der Waals surface area contributed by atoms with Crippen LogP contribution < -0.4 is 5.32 Å². The fraction of sp³-hybridized carbons (Fsp3) is 0.200. The van der Waals surface area contributed by atoms with Crippen LogP contribution in [0.25, 0.3) is 17.2 Å². The molecule has 4 aromatic heterocycles. The average molecular weight is 440 g/mol. The first-order chi connectivity index (χ1) is 15.3. The van der Waals surface area contributed by atoms with E-state index in [1.54, 1.807) is 18.5 Å². The highest BCUT2D eigenvalue weighted by atomic mass is 19.3. The standard InChI is InChI=1S/C20H18F2N8O2/c1-11(2)29-10-24-27-19(29)15-4-3-5-16(25-15)26-20(32)14-9-30(28-17(14)18(21)22)12-6-13(31)8-23-7-12/h3-11,18,31H,1-2H3,(H,25,26,32). The van der Waals surface area contributed by atoms with Crippen molar-refractivity contribution >= 4 is 11.7 Å². The summed E-state index contributed by atoms with van der Waals surface area (Å²) in [5, 5.41) is 23.8. The van der Waals surface area contributed by atoms with Crippen LogP contribution >= 0.6 is 0 Å². The van der Waals surface area contributed by atoms with Gasteiger partial charge in [-0.2, -0.15) is 5.10 Å². The Morgan fingerprint density at radius 1 is 1.22 bits per heavy atom. The first-order valence-corrected chi connectivity index (χ1v) is 9.54. The minimum Gasteiger partial charge on any atom is -0.506 e. The number of nitrogens with one attached hydrogen (secondary N) is 1. The molecule has 0 aliphatic carbocycles. The second kappa shape index (κ2) is 8.49. The van der Waals surface area contributed by atoms with Gasteiger partial charge in [0.05, 0.1) is 23.6 Å². The molecule has 0 radical (unpaired) electrons. The summed E-state index contributed by atoms with van der Waals surface area (Å²) in [7, 11) is 0. The number of anilines is 1. The number of carbonyl (C=O) groups excluding carboxylic acids is 1. The Balaban J connectivity index is 1.64. The number of hydrogen-bond acceptors (Lipinski definition) is 7. The Kier molecular flexibility index (Phi) is 5.58. The Labute approximate surface area is 180 Å². The Bertz CT molecular complexity index is 1270. The molecule has 0 aromatic carbocycles. The monoisotopic (exact) mass is 440 g/mol. The zero-order valence-electron chi connectivity index (χ0n) is 17.0. The SMILES string of the molecule is CC(C)n1cnnc1-c1cccc(NC(=O)c2cn(-c3cncc(O)c3)nc2C(F)F)n1. The van der Waals surface area contributed by atoms with Crippen LogP contribution in [0.5, 0.6) is 5.75 Å². The van der Waals surface area contributed by atoms with Crippen LogP contribution in [0.2, 0.25) is 0 Å². The molecule has 4 rings (SSSR count). The highest BCUT2D eigenvalue weighted by molar-refractivity contribution is 6.04.